The van der Waals surface area contributed by atoms with Crippen molar-refractivity contribution in [3.05, 3.63) is 50.1 Å². The molecule has 0 bridgehead atoms. The zero-order chi connectivity index (χ0) is 14.5. The van der Waals surface area contributed by atoms with Gasteiger partial charge < -0.3 is 10.1 Å². The van der Waals surface area contributed by atoms with Gasteiger partial charge in [-0.25, -0.2) is 8.78 Å². The van der Waals surface area contributed by atoms with Crippen molar-refractivity contribution in [1.29, 1.82) is 0 Å². The lowest BCUT2D eigenvalue weighted by atomic mass is 10.2. The molecule has 1 N–H and O–H groups in total. The first-order valence-corrected chi connectivity index (χ1v) is 7.76. The van der Waals surface area contributed by atoms with Crippen molar-refractivity contribution in [3.63, 3.8) is 0 Å². The minimum atomic E-state index is -0.673. The SMILES string of the molecule is CCNCc1cc(F)c(OCc2ccc(Br)s2)c(F)c1. The molecule has 108 valence electrons. The number of rotatable bonds is 6. The van der Waals surface area contributed by atoms with Gasteiger partial charge in [-0.1, -0.05) is 6.92 Å². The van der Waals surface area contributed by atoms with Crippen molar-refractivity contribution in [2.24, 2.45) is 0 Å². The zero-order valence-electron chi connectivity index (χ0n) is 10.9. The molecule has 0 aliphatic rings. The van der Waals surface area contributed by atoms with Gasteiger partial charge in [-0.05, 0) is 52.3 Å². The molecule has 1 aromatic carbocycles. The van der Waals surface area contributed by atoms with Gasteiger partial charge in [-0.3, -0.25) is 0 Å². The standard InChI is InChI=1S/C14H14BrF2NOS/c1-2-18-7-9-5-11(16)14(12(17)6-9)19-8-10-3-4-13(15)20-10/h3-6,18H,2,7-8H2,1H3. The summed E-state index contributed by atoms with van der Waals surface area (Å²) in [5.74, 6) is -1.67. The molecule has 0 saturated carbocycles. The van der Waals surface area contributed by atoms with Crippen molar-refractivity contribution >= 4 is 27.3 Å². The fraction of sp³-hybridized carbons (Fsp3) is 0.286. The molecule has 0 amide bonds. The quantitative estimate of drug-likeness (QED) is 0.818. The molecule has 2 rings (SSSR count). The molecule has 2 nitrogen and oxygen atoms in total. The van der Waals surface area contributed by atoms with Gasteiger partial charge in [0.25, 0.3) is 0 Å². The molecular formula is C14H14BrF2NOS. The second-order valence-corrected chi connectivity index (χ2v) is 6.71. The van der Waals surface area contributed by atoms with Crippen LogP contribution in [0.15, 0.2) is 28.1 Å². The minimum Gasteiger partial charge on any atom is -0.482 e. The lowest BCUT2D eigenvalue weighted by Crippen LogP contribution is -2.12. The van der Waals surface area contributed by atoms with Gasteiger partial charge in [-0.2, -0.15) is 0 Å². The Labute approximate surface area is 128 Å². The van der Waals surface area contributed by atoms with E-state index in [-0.39, 0.29) is 12.4 Å². The van der Waals surface area contributed by atoms with Gasteiger partial charge in [0, 0.05) is 11.4 Å². The smallest absolute Gasteiger partial charge is 0.191 e. The number of hydrogen-bond donors (Lipinski definition) is 1. The lowest BCUT2D eigenvalue weighted by Gasteiger charge is -2.09. The van der Waals surface area contributed by atoms with Gasteiger partial charge in [0.1, 0.15) is 6.61 Å². The summed E-state index contributed by atoms with van der Waals surface area (Å²) in [6, 6.07) is 6.32. The first-order valence-electron chi connectivity index (χ1n) is 6.15. The summed E-state index contributed by atoms with van der Waals surface area (Å²) in [5, 5.41) is 3.02. The molecule has 20 heavy (non-hydrogen) atoms. The van der Waals surface area contributed by atoms with E-state index in [1.54, 1.807) is 0 Å². The number of benzene rings is 1. The van der Waals surface area contributed by atoms with E-state index in [0.717, 1.165) is 15.2 Å². The average molecular weight is 362 g/mol. The molecule has 0 fully saturated rings. The van der Waals surface area contributed by atoms with Crippen LogP contribution in [0.3, 0.4) is 0 Å². The van der Waals surface area contributed by atoms with Crippen molar-refractivity contribution in [2.45, 2.75) is 20.1 Å². The second-order valence-electron chi connectivity index (χ2n) is 4.16. The molecular weight excluding hydrogens is 348 g/mol. The van der Waals surface area contributed by atoms with Crippen LogP contribution < -0.4 is 10.1 Å². The lowest BCUT2D eigenvalue weighted by molar-refractivity contribution is 0.276. The van der Waals surface area contributed by atoms with Gasteiger partial charge >= 0.3 is 0 Å². The number of thiophene rings is 1. The van der Waals surface area contributed by atoms with Crippen LogP contribution in [-0.2, 0) is 13.2 Å². The Morgan fingerprint density at radius 1 is 1.25 bits per heavy atom. The first kappa shape index (κ1) is 15.4. The Kier molecular flexibility index (Phi) is 5.51. The van der Waals surface area contributed by atoms with Crippen LogP contribution in [0, 0.1) is 11.6 Å². The number of nitrogens with one attached hydrogen (secondary N) is 1. The zero-order valence-corrected chi connectivity index (χ0v) is 13.3. The molecule has 1 heterocycles. The summed E-state index contributed by atoms with van der Waals surface area (Å²) < 4.78 is 33.9. The highest BCUT2D eigenvalue weighted by atomic mass is 79.9. The summed E-state index contributed by atoms with van der Waals surface area (Å²) in [4.78, 5) is 0.896. The number of halogens is 3. The molecule has 0 aliphatic heterocycles. The van der Waals surface area contributed by atoms with Gasteiger partial charge in [-0.15, -0.1) is 11.3 Å². The van der Waals surface area contributed by atoms with E-state index >= 15 is 0 Å². The Morgan fingerprint density at radius 3 is 2.50 bits per heavy atom. The Balaban J connectivity index is 2.07. The molecule has 0 atom stereocenters. The van der Waals surface area contributed by atoms with Crippen molar-refractivity contribution < 1.29 is 13.5 Å². The van der Waals surface area contributed by atoms with E-state index in [9.17, 15) is 8.78 Å². The first-order chi connectivity index (χ1) is 9.60. The molecule has 2 aromatic rings. The van der Waals surface area contributed by atoms with E-state index in [1.165, 1.54) is 23.5 Å². The minimum absolute atomic E-state index is 0.149. The van der Waals surface area contributed by atoms with Crippen LogP contribution in [0.25, 0.3) is 0 Å². The predicted octanol–water partition coefficient (Wildman–Crippen LogP) is 4.48. The summed E-state index contributed by atoms with van der Waals surface area (Å²) in [7, 11) is 0. The van der Waals surface area contributed by atoms with Crippen molar-refractivity contribution in [3.8, 4) is 5.75 Å². The fourth-order valence-corrected chi connectivity index (χ4v) is 3.09. The second kappa shape index (κ2) is 7.15. The Morgan fingerprint density at radius 2 is 1.95 bits per heavy atom. The summed E-state index contributed by atoms with van der Waals surface area (Å²) in [5.41, 5.74) is 0.563. The van der Waals surface area contributed by atoms with Crippen molar-refractivity contribution in [2.75, 3.05) is 6.54 Å². The van der Waals surface area contributed by atoms with E-state index in [4.69, 9.17) is 4.74 Å². The number of hydrogen-bond acceptors (Lipinski definition) is 3. The highest BCUT2D eigenvalue weighted by Crippen LogP contribution is 2.27. The average Bonchev–Trinajstić information content (AvgIpc) is 2.81. The summed E-state index contributed by atoms with van der Waals surface area (Å²) >= 11 is 4.80. The normalized spacial score (nSPS) is 10.8. The number of ether oxygens (including phenoxy) is 1. The molecule has 6 heteroatoms. The maximum absolute atomic E-state index is 13.8. The van der Waals surface area contributed by atoms with Crippen LogP contribution in [0.5, 0.6) is 5.75 Å². The van der Waals surface area contributed by atoms with Gasteiger partial charge in [0.05, 0.1) is 3.79 Å². The highest BCUT2D eigenvalue weighted by molar-refractivity contribution is 9.11. The predicted molar refractivity (Wildman–Crippen MR) is 80.1 cm³/mol. The van der Waals surface area contributed by atoms with Crippen LogP contribution in [0.2, 0.25) is 0 Å². The molecule has 0 radical (unpaired) electrons. The highest BCUT2D eigenvalue weighted by Gasteiger charge is 2.13. The molecule has 0 saturated heterocycles. The van der Waals surface area contributed by atoms with Crippen LogP contribution in [0.4, 0.5) is 8.78 Å². The third-order valence-corrected chi connectivity index (χ3v) is 4.22. The van der Waals surface area contributed by atoms with Crippen molar-refractivity contribution in [1.82, 2.24) is 5.32 Å². The molecule has 0 aliphatic carbocycles. The molecule has 0 unspecified atom stereocenters. The Hall–Kier alpha value is -0.980. The van der Waals surface area contributed by atoms with Gasteiger partial charge in [0.15, 0.2) is 17.4 Å². The van der Waals surface area contributed by atoms with Crippen LogP contribution in [0.1, 0.15) is 17.4 Å². The maximum Gasteiger partial charge on any atom is 0.191 e. The maximum atomic E-state index is 13.8. The molecule has 0 spiro atoms. The third-order valence-electron chi connectivity index (χ3n) is 2.62. The van der Waals surface area contributed by atoms with Gasteiger partial charge in [0.2, 0.25) is 0 Å². The molecule has 1 aromatic heterocycles. The van der Waals surface area contributed by atoms with E-state index in [2.05, 4.69) is 21.2 Å². The van der Waals surface area contributed by atoms with Crippen LogP contribution >= 0.6 is 27.3 Å². The monoisotopic (exact) mass is 361 g/mol. The van der Waals surface area contributed by atoms with E-state index < -0.39 is 11.6 Å². The largest absolute Gasteiger partial charge is 0.482 e. The Bertz CT molecular complexity index is 565. The fourth-order valence-electron chi connectivity index (χ4n) is 1.69. The third kappa shape index (κ3) is 4.01. The van der Waals surface area contributed by atoms with E-state index in [0.29, 0.717) is 12.1 Å². The topological polar surface area (TPSA) is 21.3 Å². The van der Waals surface area contributed by atoms with Crippen LogP contribution in [-0.4, -0.2) is 6.54 Å². The van der Waals surface area contributed by atoms with E-state index in [1.807, 2.05) is 19.1 Å². The summed E-state index contributed by atoms with van der Waals surface area (Å²) in [6.45, 7) is 3.26. The summed E-state index contributed by atoms with van der Waals surface area (Å²) in [6.07, 6.45) is 0.